The van der Waals surface area contributed by atoms with Gasteiger partial charge in [0.05, 0.1) is 4.90 Å². The monoisotopic (exact) mass is 436 g/mol. The second-order valence-electron chi connectivity index (χ2n) is 6.48. The number of aromatic nitrogens is 1. The van der Waals surface area contributed by atoms with Gasteiger partial charge in [0.15, 0.2) is 5.03 Å². The Hall–Kier alpha value is -2.23. The van der Waals surface area contributed by atoms with Crippen molar-refractivity contribution in [3.63, 3.8) is 0 Å². The lowest BCUT2D eigenvalue weighted by Crippen LogP contribution is -2.10. The first-order chi connectivity index (χ1) is 13.1. The zero-order valence-electron chi connectivity index (χ0n) is 15.6. The third-order valence-electron chi connectivity index (χ3n) is 4.13. The molecule has 9 heteroatoms. The number of rotatable bonds is 6. The minimum absolute atomic E-state index is 0.0684. The molecule has 6 nitrogen and oxygen atoms in total. The van der Waals surface area contributed by atoms with E-state index in [1.54, 1.807) is 12.1 Å². The Morgan fingerprint density at radius 3 is 2.14 bits per heavy atom. The molecule has 0 amide bonds. The Kier molecular flexibility index (Phi) is 5.60. The highest BCUT2D eigenvalue weighted by atomic mass is 32.2. The summed E-state index contributed by atoms with van der Waals surface area (Å²) in [6, 6.07) is 15.6. The van der Waals surface area contributed by atoms with Crippen LogP contribution in [-0.2, 0) is 19.7 Å². The van der Waals surface area contributed by atoms with Gasteiger partial charge < -0.3 is 5.32 Å². The smallest absolute Gasteiger partial charge is 0.226 e. The van der Waals surface area contributed by atoms with E-state index in [2.05, 4.69) is 10.3 Å². The molecule has 0 bridgehead atoms. The first kappa shape index (κ1) is 20.5. The number of hydrogen-bond donors (Lipinski definition) is 1. The number of anilines is 1. The van der Waals surface area contributed by atoms with Gasteiger partial charge in [-0.3, -0.25) is 0 Å². The zero-order valence-corrected chi connectivity index (χ0v) is 18.0. The molecular weight excluding hydrogens is 416 g/mol. The molecule has 3 rings (SSSR count). The van der Waals surface area contributed by atoms with Crippen LogP contribution in [0.25, 0.3) is 0 Å². The Bertz CT molecular complexity index is 1180. The fourth-order valence-electron chi connectivity index (χ4n) is 2.57. The quantitative estimate of drug-likeness (QED) is 0.631. The van der Waals surface area contributed by atoms with Gasteiger partial charge in [-0.05, 0) is 31.5 Å². The van der Waals surface area contributed by atoms with Crippen LogP contribution in [0, 0.1) is 6.92 Å². The minimum Gasteiger partial charge on any atom is -0.368 e. The normalized spacial score (nSPS) is 13.2. The van der Waals surface area contributed by atoms with E-state index in [9.17, 15) is 16.8 Å². The summed E-state index contributed by atoms with van der Waals surface area (Å²) in [6.07, 6.45) is 1.01. The average molecular weight is 437 g/mol. The molecule has 28 heavy (non-hydrogen) atoms. The SMILES string of the molecule is Cc1ccc(S(=O)(=O)c2nc(S(C)(=O)=O)sc2NC(C)c2ccccc2)cc1. The van der Waals surface area contributed by atoms with Gasteiger partial charge in [0.2, 0.25) is 24.0 Å². The Balaban J connectivity index is 2.09. The molecule has 0 radical (unpaired) electrons. The molecule has 1 N–H and O–H groups in total. The van der Waals surface area contributed by atoms with E-state index in [0.717, 1.165) is 28.7 Å². The van der Waals surface area contributed by atoms with Crippen LogP contribution in [0.1, 0.15) is 24.1 Å². The van der Waals surface area contributed by atoms with Crippen LogP contribution in [0.2, 0.25) is 0 Å². The number of aryl methyl sites for hydroxylation is 1. The van der Waals surface area contributed by atoms with Gasteiger partial charge >= 0.3 is 0 Å². The summed E-state index contributed by atoms with van der Waals surface area (Å²) in [5.41, 5.74) is 1.86. The molecule has 1 aromatic heterocycles. The molecule has 0 aliphatic heterocycles. The van der Waals surface area contributed by atoms with Crippen molar-refractivity contribution in [2.24, 2.45) is 0 Å². The first-order valence-corrected chi connectivity index (χ1v) is 12.6. The van der Waals surface area contributed by atoms with Gasteiger partial charge in [-0.25, -0.2) is 21.8 Å². The van der Waals surface area contributed by atoms with Crippen LogP contribution in [0.15, 0.2) is 68.9 Å². The summed E-state index contributed by atoms with van der Waals surface area (Å²) >= 11 is 0.825. The van der Waals surface area contributed by atoms with Crippen molar-refractivity contribution in [1.82, 2.24) is 4.98 Å². The van der Waals surface area contributed by atoms with Gasteiger partial charge in [0.1, 0.15) is 5.00 Å². The van der Waals surface area contributed by atoms with E-state index < -0.39 is 19.7 Å². The van der Waals surface area contributed by atoms with Crippen molar-refractivity contribution in [2.45, 2.75) is 34.2 Å². The van der Waals surface area contributed by atoms with Gasteiger partial charge in [-0.1, -0.05) is 59.4 Å². The highest BCUT2D eigenvalue weighted by Crippen LogP contribution is 2.36. The van der Waals surface area contributed by atoms with E-state index in [0.29, 0.717) is 0 Å². The average Bonchev–Trinajstić information content (AvgIpc) is 3.08. The third-order valence-corrected chi connectivity index (χ3v) is 8.62. The summed E-state index contributed by atoms with van der Waals surface area (Å²) in [5, 5.41) is 3.05. The maximum absolute atomic E-state index is 13.1. The first-order valence-electron chi connectivity index (χ1n) is 8.43. The topological polar surface area (TPSA) is 93.2 Å². The molecule has 2 aromatic carbocycles. The second kappa shape index (κ2) is 7.65. The van der Waals surface area contributed by atoms with E-state index in [4.69, 9.17) is 0 Å². The van der Waals surface area contributed by atoms with Crippen molar-refractivity contribution < 1.29 is 16.8 Å². The van der Waals surface area contributed by atoms with E-state index >= 15 is 0 Å². The molecule has 1 heterocycles. The summed E-state index contributed by atoms with van der Waals surface area (Å²) in [6.45, 7) is 3.73. The highest BCUT2D eigenvalue weighted by molar-refractivity contribution is 7.93. The number of sulfone groups is 2. The summed E-state index contributed by atoms with van der Waals surface area (Å²) < 4.78 is 50.0. The van der Waals surface area contributed by atoms with Crippen LogP contribution < -0.4 is 5.32 Å². The maximum Gasteiger partial charge on any atom is 0.226 e. The van der Waals surface area contributed by atoms with Crippen LogP contribution in [0.5, 0.6) is 0 Å². The third kappa shape index (κ3) is 4.26. The highest BCUT2D eigenvalue weighted by Gasteiger charge is 2.29. The number of nitrogens with one attached hydrogen (secondary N) is 1. The van der Waals surface area contributed by atoms with Gasteiger partial charge in [-0.15, -0.1) is 0 Å². The van der Waals surface area contributed by atoms with Crippen molar-refractivity contribution in [1.29, 1.82) is 0 Å². The Labute approximate surface area is 169 Å². The van der Waals surface area contributed by atoms with Crippen LogP contribution in [0.4, 0.5) is 5.00 Å². The predicted octanol–water partition coefficient (Wildman–Crippen LogP) is 3.86. The summed E-state index contributed by atoms with van der Waals surface area (Å²) in [7, 11) is -7.63. The van der Waals surface area contributed by atoms with Gasteiger partial charge in [0, 0.05) is 12.3 Å². The zero-order chi connectivity index (χ0) is 20.5. The molecule has 0 spiro atoms. The number of benzene rings is 2. The lowest BCUT2D eigenvalue weighted by Gasteiger charge is -2.15. The lowest BCUT2D eigenvalue weighted by molar-refractivity contribution is 0.591. The van der Waals surface area contributed by atoms with Crippen LogP contribution in [0.3, 0.4) is 0 Å². The molecule has 148 valence electrons. The van der Waals surface area contributed by atoms with Crippen molar-refractivity contribution in [3.05, 3.63) is 65.7 Å². The fourth-order valence-corrected chi connectivity index (χ4v) is 6.16. The van der Waals surface area contributed by atoms with Crippen molar-refractivity contribution >= 4 is 36.0 Å². The molecule has 0 aliphatic carbocycles. The Morgan fingerprint density at radius 2 is 1.57 bits per heavy atom. The molecule has 1 unspecified atom stereocenters. The van der Waals surface area contributed by atoms with Crippen molar-refractivity contribution in [2.75, 3.05) is 11.6 Å². The second-order valence-corrected chi connectivity index (χ2v) is 11.5. The number of hydrogen-bond acceptors (Lipinski definition) is 7. The van der Waals surface area contributed by atoms with Crippen molar-refractivity contribution in [3.8, 4) is 0 Å². The standard InChI is InChI=1S/C19H20N2O4S3/c1-13-9-11-16(12-10-13)28(24,25)18-17(26-19(21-18)27(3,22)23)20-14(2)15-7-5-4-6-8-15/h4-12,14,20H,1-3H3. The molecule has 0 saturated carbocycles. The van der Waals surface area contributed by atoms with Crippen LogP contribution >= 0.6 is 11.3 Å². The molecule has 0 aliphatic rings. The van der Waals surface area contributed by atoms with E-state index in [1.165, 1.54) is 12.1 Å². The molecule has 3 aromatic rings. The number of thiazole rings is 1. The van der Waals surface area contributed by atoms with E-state index in [-0.39, 0.29) is 25.3 Å². The summed E-state index contributed by atoms with van der Waals surface area (Å²) in [5.74, 6) is 0. The molecular formula is C19H20N2O4S3. The summed E-state index contributed by atoms with van der Waals surface area (Å²) in [4.78, 5) is 4.05. The van der Waals surface area contributed by atoms with E-state index in [1.807, 2.05) is 44.2 Å². The largest absolute Gasteiger partial charge is 0.368 e. The molecule has 0 saturated heterocycles. The maximum atomic E-state index is 13.1. The Morgan fingerprint density at radius 1 is 0.964 bits per heavy atom. The number of nitrogens with zero attached hydrogens (tertiary/aromatic N) is 1. The lowest BCUT2D eigenvalue weighted by atomic mass is 10.1. The predicted molar refractivity (Wildman–Crippen MR) is 110 cm³/mol. The fraction of sp³-hybridized carbons (Fsp3) is 0.211. The molecule has 0 fully saturated rings. The molecule has 1 atom stereocenters. The minimum atomic E-state index is -3.98. The van der Waals surface area contributed by atoms with Gasteiger partial charge in [0.25, 0.3) is 0 Å². The van der Waals surface area contributed by atoms with Crippen LogP contribution in [-0.4, -0.2) is 28.1 Å². The van der Waals surface area contributed by atoms with Gasteiger partial charge in [-0.2, -0.15) is 0 Å².